The van der Waals surface area contributed by atoms with E-state index in [-0.39, 0.29) is 12.4 Å². The van der Waals surface area contributed by atoms with Gasteiger partial charge in [-0.25, -0.2) is 0 Å². The van der Waals surface area contributed by atoms with Crippen LogP contribution in [0, 0.1) is 0 Å². The van der Waals surface area contributed by atoms with Crippen LogP contribution in [0.3, 0.4) is 0 Å². The quantitative estimate of drug-likeness (QED) is 0.357. The fourth-order valence-corrected chi connectivity index (χ4v) is 3.33. The SMILES string of the molecule is C=COC(=O)CC(c1ccccc1)(c1ccccc1)c1ccccc1. The van der Waals surface area contributed by atoms with Crippen LogP contribution in [0.1, 0.15) is 23.1 Å². The van der Waals surface area contributed by atoms with Gasteiger partial charge < -0.3 is 4.74 Å². The normalized spacial score (nSPS) is 10.9. The molecule has 0 aliphatic heterocycles. The van der Waals surface area contributed by atoms with E-state index in [1.807, 2.05) is 54.6 Å². The first-order valence-electron chi connectivity index (χ1n) is 8.24. The van der Waals surface area contributed by atoms with Crippen molar-refractivity contribution < 1.29 is 9.53 Å². The molecule has 0 amide bonds. The molecule has 0 aliphatic carbocycles. The monoisotopic (exact) mass is 328 g/mol. The van der Waals surface area contributed by atoms with Gasteiger partial charge in [0.2, 0.25) is 0 Å². The van der Waals surface area contributed by atoms with Crippen LogP contribution in [0.15, 0.2) is 104 Å². The van der Waals surface area contributed by atoms with Gasteiger partial charge in [0.15, 0.2) is 0 Å². The Morgan fingerprint density at radius 3 is 1.44 bits per heavy atom. The lowest BCUT2D eigenvalue weighted by atomic mass is 9.67. The molecule has 124 valence electrons. The highest BCUT2D eigenvalue weighted by Gasteiger charge is 2.38. The summed E-state index contributed by atoms with van der Waals surface area (Å²) in [6, 6.07) is 30.2. The Balaban J connectivity index is 2.27. The molecule has 0 N–H and O–H groups in total. The van der Waals surface area contributed by atoms with Gasteiger partial charge in [-0.15, -0.1) is 0 Å². The van der Waals surface area contributed by atoms with E-state index in [1.54, 1.807) is 0 Å². The first-order chi connectivity index (χ1) is 12.3. The predicted molar refractivity (Wildman–Crippen MR) is 100 cm³/mol. The van der Waals surface area contributed by atoms with Gasteiger partial charge in [0.1, 0.15) is 0 Å². The fourth-order valence-electron chi connectivity index (χ4n) is 3.33. The van der Waals surface area contributed by atoms with Crippen LogP contribution in [-0.4, -0.2) is 5.97 Å². The van der Waals surface area contributed by atoms with Crippen LogP contribution >= 0.6 is 0 Å². The van der Waals surface area contributed by atoms with Crippen LogP contribution in [0.4, 0.5) is 0 Å². The lowest BCUT2D eigenvalue weighted by Crippen LogP contribution is -2.32. The largest absolute Gasteiger partial charge is 0.435 e. The highest BCUT2D eigenvalue weighted by molar-refractivity contribution is 5.75. The second-order valence-electron chi connectivity index (χ2n) is 5.84. The number of esters is 1. The van der Waals surface area contributed by atoms with Crippen molar-refractivity contribution >= 4 is 5.97 Å². The summed E-state index contributed by atoms with van der Waals surface area (Å²) in [7, 11) is 0. The van der Waals surface area contributed by atoms with Gasteiger partial charge in [0.25, 0.3) is 0 Å². The predicted octanol–water partition coefficient (Wildman–Crippen LogP) is 5.10. The van der Waals surface area contributed by atoms with Crippen molar-refractivity contribution in [3.05, 3.63) is 121 Å². The molecule has 0 radical (unpaired) electrons. The van der Waals surface area contributed by atoms with E-state index < -0.39 is 5.41 Å². The topological polar surface area (TPSA) is 26.3 Å². The molecular weight excluding hydrogens is 308 g/mol. The van der Waals surface area contributed by atoms with Gasteiger partial charge in [-0.05, 0) is 16.7 Å². The number of hydrogen-bond acceptors (Lipinski definition) is 2. The summed E-state index contributed by atoms with van der Waals surface area (Å²) in [5, 5.41) is 0. The Hall–Kier alpha value is -3.13. The zero-order valence-corrected chi connectivity index (χ0v) is 14.0. The van der Waals surface area contributed by atoms with Gasteiger partial charge in [-0.3, -0.25) is 4.79 Å². The first kappa shape index (κ1) is 16.7. The molecule has 0 saturated carbocycles. The van der Waals surface area contributed by atoms with E-state index >= 15 is 0 Å². The molecule has 0 saturated heterocycles. The average Bonchev–Trinajstić information content (AvgIpc) is 2.68. The first-order valence-corrected chi connectivity index (χ1v) is 8.24. The molecule has 0 bridgehead atoms. The molecular formula is C23H20O2. The molecule has 0 aliphatic rings. The zero-order valence-electron chi connectivity index (χ0n) is 14.0. The standard InChI is InChI=1S/C23H20O2/c1-2-25-22(24)18-23(19-12-6-3-7-13-19,20-14-8-4-9-15-20)21-16-10-5-11-17-21/h2-17H,1,18H2. The van der Waals surface area contributed by atoms with E-state index in [2.05, 4.69) is 43.0 Å². The molecule has 0 heterocycles. The second-order valence-corrected chi connectivity index (χ2v) is 5.84. The number of ether oxygens (including phenoxy) is 1. The Labute approximate surface area is 148 Å². The molecule has 2 nitrogen and oxygen atoms in total. The van der Waals surface area contributed by atoms with Crippen LogP contribution in [0.5, 0.6) is 0 Å². The number of benzene rings is 3. The van der Waals surface area contributed by atoms with Crippen molar-refractivity contribution in [2.45, 2.75) is 11.8 Å². The van der Waals surface area contributed by atoms with Crippen LogP contribution in [-0.2, 0) is 14.9 Å². The minimum Gasteiger partial charge on any atom is -0.435 e. The van der Waals surface area contributed by atoms with Crippen LogP contribution in [0.2, 0.25) is 0 Å². The minimum atomic E-state index is -0.621. The molecule has 3 rings (SSSR count). The summed E-state index contributed by atoms with van der Waals surface area (Å²) in [6.45, 7) is 3.51. The van der Waals surface area contributed by atoms with Crippen molar-refractivity contribution in [3.8, 4) is 0 Å². The molecule has 0 fully saturated rings. The number of carbonyl (C=O) groups is 1. The smallest absolute Gasteiger partial charge is 0.312 e. The van der Waals surface area contributed by atoms with Gasteiger partial charge >= 0.3 is 5.97 Å². The third-order valence-corrected chi connectivity index (χ3v) is 4.42. The van der Waals surface area contributed by atoms with Crippen molar-refractivity contribution in [2.75, 3.05) is 0 Å². The highest BCUT2D eigenvalue weighted by Crippen LogP contribution is 2.42. The average molecular weight is 328 g/mol. The molecule has 0 atom stereocenters. The Morgan fingerprint density at radius 2 is 1.12 bits per heavy atom. The molecule has 2 heteroatoms. The Bertz CT molecular complexity index is 727. The van der Waals surface area contributed by atoms with Crippen molar-refractivity contribution in [1.82, 2.24) is 0 Å². The number of carbonyl (C=O) groups excluding carboxylic acids is 1. The van der Waals surface area contributed by atoms with E-state index in [0.29, 0.717) is 0 Å². The van der Waals surface area contributed by atoms with E-state index in [0.717, 1.165) is 16.7 Å². The maximum Gasteiger partial charge on any atom is 0.312 e. The summed E-state index contributed by atoms with van der Waals surface area (Å²) in [4.78, 5) is 12.5. The second kappa shape index (κ2) is 7.63. The summed E-state index contributed by atoms with van der Waals surface area (Å²) in [5.41, 5.74) is 2.53. The number of hydrogen-bond donors (Lipinski definition) is 0. The van der Waals surface area contributed by atoms with E-state index in [4.69, 9.17) is 4.74 Å². The van der Waals surface area contributed by atoms with Crippen molar-refractivity contribution in [3.63, 3.8) is 0 Å². The maximum absolute atomic E-state index is 12.5. The molecule has 0 aromatic heterocycles. The van der Waals surface area contributed by atoms with Gasteiger partial charge in [0.05, 0.1) is 18.1 Å². The summed E-state index contributed by atoms with van der Waals surface area (Å²) in [5.74, 6) is -0.313. The minimum absolute atomic E-state index is 0.192. The van der Waals surface area contributed by atoms with Gasteiger partial charge in [-0.1, -0.05) is 97.6 Å². The molecule has 3 aromatic rings. The Morgan fingerprint density at radius 1 is 0.760 bits per heavy atom. The van der Waals surface area contributed by atoms with Gasteiger partial charge in [-0.2, -0.15) is 0 Å². The third-order valence-electron chi connectivity index (χ3n) is 4.42. The van der Waals surface area contributed by atoms with Crippen molar-refractivity contribution in [1.29, 1.82) is 0 Å². The number of rotatable bonds is 6. The molecule has 3 aromatic carbocycles. The molecule has 0 unspecified atom stereocenters. The summed E-state index contributed by atoms with van der Waals surface area (Å²) in [6.07, 6.45) is 1.38. The Kier molecular flexibility index (Phi) is 5.10. The maximum atomic E-state index is 12.5. The highest BCUT2D eigenvalue weighted by atomic mass is 16.5. The lowest BCUT2D eigenvalue weighted by molar-refractivity contribution is -0.138. The van der Waals surface area contributed by atoms with Crippen molar-refractivity contribution in [2.24, 2.45) is 0 Å². The van der Waals surface area contributed by atoms with Crippen LogP contribution in [0.25, 0.3) is 0 Å². The molecule has 25 heavy (non-hydrogen) atoms. The summed E-state index contributed by atoms with van der Waals surface area (Å²) >= 11 is 0. The zero-order chi connectivity index (χ0) is 17.5. The molecule has 0 spiro atoms. The fraction of sp³-hybridized carbons (Fsp3) is 0.0870. The van der Waals surface area contributed by atoms with Crippen LogP contribution < -0.4 is 0 Å². The van der Waals surface area contributed by atoms with Gasteiger partial charge in [0, 0.05) is 0 Å². The third kappa shape index (κ3) is 3.38. The van der Waals surface area contributed by atoms with E-state index in [9.17, 15) is 4.79 Å². The van der Waals surface area contributed by atoms with E-state index in [1.165, 1.54) is 6.26 Å². The summed E-state index contributed by atoms with van der Waals surface area (Å²) < 4.78 is 5.09. The lowest BCUT2D eigenvalue weighted by Gasteiger charge is -2.35.